The fraction of sp³-hybridized carbons (Fsp3) is 0.0714. The number of nitrogens with zero attached hydrogens (tertiary/aromatic N) is 3. The molecule has 18 heavy (non-hydrogen) atoms. The first-order chi connectivity index (χ1) is 8.70. The van der Waals surface area contributed by atoms with E-state index in [2.05, 4.69) is 10.2 Å². The molecule has 0 aromatic heterocycles. The van der Waals surface area contributed by atoms with Crippen LogP contribution in [0.3, 0.4) is 0 Å². The van der Waals surface area contributed by atoms with Crippen LogP contribution in [-0.4, -0.2) is 5.11 Å². The highest BCUT2D eigenvalue weighted by atomic mass is 16.3. The predicted molar refractivity (Wildman–Crippen MR) is 68.2 cm³/mol. The van der Waals surface area contributed by atoms with Crippen LogP contribution in [0.2, 0.25) is 0 Å². The normalized spacial score (nSPS) is 10.4. The lowest BCUT2D eigenvalue weighted by Crippen LogP contribution is -1.75. The zero-order valence-corrected chi connectivity index (χ0v) is 9.83. The van der Waals surface area contributed by atoms with Crippen LogP contribution < -0.4 is 0 Å². The molecule has 0 bridgehead atoms. The molecular formula is C14H11N3O. The van der Waals surface area contributed by atoms with Crippen LogP contribution in [0.15, 0.2) is 52.7 Å². The standard InChI is InChI=1S/C14H11N3O/c1-10-4-2-3-5-13(10)17-16-12-6-7-14(18)11(8-12)9-15/h2-8,18H,1H3. The van der Waals surface area contributed by atoms with Gasteiger partial charge in [-0.1, -0.05) is 18.2 Å². The number of nitriles is 1. The molecule has 4 heteroatoms. The lowest BCUT2D eigenvalue weighted by Gasteiger charge is -1.98. The Morgan fingerprint density at radius 3 is 2.61 bits per heavy atom. The number of aromatic hydroxyl groups is 1. The van der Waals surface area contributed by atoms with Gasteiger partial charge >= 0.3 is 0 Å². The third-order valence-corrected chi connectivity index (χ3v) is 2.49. The maximum atomic E-state index is 9.37. The number of azo groups is 1. The van der Waals surface area contributed by atoms with Gasteiger partial charge in [-0.2, -0.15) is 15.5 Å². The highest BCUT2D eigenvalue weighted by Crippen LogP contribution is 2.25. The van der Waals surface area contributed by atoms with Crippen LogP contribution in [0.4, 0.5) is 11.4 Å². The molecule has 0 unspecified atom stereocenters. The number of hydrogen-bond acceptors (Lipinski definition) is 4. The highest BCUT2D eigenvalue weighted by molar-refractivity contribution is 5.52. The van der Waals surface area contributed by atoms with Crippen molar-refractivity contribution in [1.29, 1.82) is 5.26 Å². The Bertz CT molecular complexity index is 642. The molecule has 0 aliphatic carbocycles. The molecule has 2 aromatic rings. The molecule has 0 heterocycles. The number of aryl methyl sites for hydroxylation is 1. The average molecular weight is 237 g/mol. The van der Waals surface area contributed by atoms with Gasteiger partial charge in [0.15, 0.2) is 0 Å². The Balaban J connectivity index is 2.30. The van der Waals surface area contributed by atoms with Gasteiger partial charge in [-0.3, -0.25) is 0 Å². The average Bonchev–Trinajstić information content (AvgIpc) is 2.39. The summed E-state index contributed by atoms with van der Waals surface area (Å²) in [5.74, 6) is -0.0488. The van der Waals surface area contributed by atoms with E-state index in [1.165, 1.54) is 12.1 Å². The van der Waals surface area contributed by atoms with Crippen LogP contribution in [0.25, 0.3) is 0 Å². The second-order valence-electron chi connectivity index (χ2n) is 3.80. The van der Waals surface area contributed by atoms with Crippen molar-refractivity contribution in [2.75, 3.05) is 0 Å². The van der Waals surface area contributed by atoms with Crippen molar-refractivity contribution >= 4 is 11.4 Å². The largest absolute Gasteiger partial charge is 0.507 e. The number of rotatable bonds is 2. The number of benzene rings is 2. The van der Waals surface area contributed by atoms with E-state index in [0.29, 0.717) is 5.69 Å². The van der Waals surface area contributed by atoms with Crippen LogP contribution in [-0.2, 0) is 0 Å². The molecule has 0 aliphatic heterocycles. The third-order valence-electron chi connectivity index (χ3n) is 2.49. The SMILES string of the molecule is Cc1ccccc1N=Nc1ccc(O)c(C#N)c1. The molecule has 2 rings (SSSR count). The first kappa shape index (κ1) is 11.8. The fourth-order valence-electron chi connectivity index (χ4n) is 1.46. The zero-order chi connectivity index (χ0) is 13.0. The van der Waals surface area contributed by atoms with E-state index in [1.807, 2.05) is 37.3 Å². The molecule has 2 aromatic carbocycles. The van der Waals surface area contributed by atoms with Crippen LogP contribution in [0, 0.1) is 18.3 Å². The summed E-state index contributed by atoms with van der Waals surface area (Å²) in [6.45, 7) is 1.95. The van der Waals surface area contributed by atoms with Crippen molar-refractivity contribution in [2.45, 2.75) is 6.92 Å². The molecule has 0 amide bonds. The highest BCUT2D eigenvalue weighted by Gasteiger charge is 2.01. The first-order valence-corrected chi connectivity index (χ1v) is 5.41. The Morgan fingerprint density at radius 1 is 1.11 bits per heavy atom. The number of hydrogen-bond donors (Lipinski definition) is 1. The van der Waals surface area contributed by atoms with Crippen molar-refractivity contribution < 1.29 is 5.11 Å². The minimum absolute atomic E-state index is 0.0488. The summed E-state index contributed by atoms with van der Waals surface area (Å²) in [4.78, 5) is 0. The molecule has 0 saturated heterocycles. The molecule has 0 radical (unpaired) electrons. The summed E-state index contributed by atoms with van der Waals surface area (Å²) in [5.41, 5.74) is 2.54. The van der Waals surface area contributed by atoms with Crippen LogP contribution in [0.5, 0.6) is 5.75 Å². The Labute approximate surface area is 105 Å². The minimum Gasteiger partial charge on any atom is -0.507 e. The molecule has 0 aliphatic rings. The quantitative estimate of drug-likeness (QED) is 0.802. The minimum atomic E-state index is -0.0488. The van der Waals surface area contributed by atoms with E-state index >= 15 is 0 Å². The van der Waals surface area contributed by atoms with Gasteiger partial charge in [0.05, 0.1) is 16.9 Å². The van der Waals surface area contributed by atoms with Gasteiger partial charge in [0.1, 0.15) is 11.8 Å². The van der Waals surface area contributed by atoms with E-state index in [4.69, 9.17) is 5.26 Å². The van der Waals surface area contributed by atoms with Crippen molar-refractivity contribution in [3.63, 3.8) is 0 Å². The molecule has 0 fully saturated rings. The number of phenolic OH excluding ortho intramolecular Hbond substituents is 1. The Kier molecular flexibility index (Phi) is 3.35. The Morgan fingerprint density at radius 2 is 1.89 bits per heavy atom. The number of phenols is 1. The van der Waals surface area contributed by atoms with Gasteiger partial charge in [-0.05, 0) is 36.8 Å². The van der Waals surface area contributed by atoms with Gasteiger partial charge in [-0.15, -0.1) is 0 Å². The lowest BCUT2D eigenvalue weighted by molar-refractivity contribution is 0.473. The summed E-state index contributed by atoms with van der Waals surface area (Å²) >= 11 is 0. The van der Waals surface area contributed by atoms with E-state index < -0.39 is 0 Å². The molecule has 4 nitrogen and oxygen atoms in total. The van der Waals surface area contributed by atoms with Crippen molar-refractivity contribution in [3.8, 4) is 11.8 Å². The monoisotopic (exact) mass is 237 g/mol. The summed E-state index contributed by atoms with van der Waals surface area (Å²) in [7, 11) is 0. The van der Waals surface area contributed by atoms with E-state index in [-0.39, 0.29) is 11.3 Å². The van der Waals surface area contributed by atoms with E-state index in [0.717, 1.165) is 11.3 Å². The summed E-state index contributed by atoms with van der Waals surface area (Å²) in [5, 5.41) is 26.3. The maximum Gasteiger partial charge on any atom is 0.133 e. The predicted octanol–water partition coefficient (Wildman–Crippen LogP) is 3.99. The van der Waals surface area contributed by atoms with Crippen molar-refractivity contribution in [3.05, 3.63) is 53.6 Å². The van der Waals surface area contributed by atoms with Gasteiger partial charge in [0, 0.05) is 0 Å². The van der Waals surface area contributed by atoms with Crippen molar-refractivity contribution in [1.82, 2.24) is 0 Å². The van der Waals surface area contributed by atoms with E-state index in [9.17, 15) is 5.11 Å². The lowest BCUT2D eigenvalue weighted by atomic mass is 10.2. The molecule has 0 atom stereocenters. The second-order valence-corrected chi connectivity index (χ2v) is 3.80. The third kappa shape index (κ3) is 2.53. The molecule has 1 N–H and O–H groups in total. The molecule has 0 spiro atoms. The Hall–Kier alpha value is -2.67. The van der Waals surface area contributed by atoms with Gasteiger partial charge in [0.2, 0.25) is 0 Å². The molecular weight excluding hydrogens is 226 g/mol. The van der Waals surface area contributed by atoms with Gasteiger partial charge in [0.25, 0.3) is 0 Å². The maximum absolute atomic E-state index is 9.37. The zero-order valence-electron chi connectivity index (χ0n) is 9.83. The van der Waals surface area contributed by atoms with Gasteiger partial charge in [-0.25, -0.2) is 0 Å². The smallest absolute Gasteiger partial charge is 0.133 e. The molecule has 0 saturated carbocycles. The molecule has 88 valence electrons. The van der Waals surface area contributed by atoms with Crippen molar-refractivity contribution in [2.24, 2.45) is 10.2 Å². The summed E-state index contributed by atoms with van der Waals surface area (Å²) < 4.78 is 0. The van der Waals surface area contributed by atoms with E-state index in [1.54, 1.807) is 6.07 Å². The second kappa shape index (κ2) is 5.11. The van der Waals surface area contributed by atoms with Crippen LogP contribution in [0.1, 0.15) is 11.1 Å². The summed E-state index contributed by atoms with van der Waals surface area (Å²) in [6, 6.07) is 14.1. The fourth-order valence-corrected chi connectivity index (χ4v) is 1.46. The topological polar surface area (TPSA) is 68.7 Å². The summed E-state index contributed by atoms with van der Waals surface area (Å²) in [6.07, 6.45) is 0. The van der Waals surface area contributed by atoms with Gasteiger partial charge < -0.3 is 5.11 Å². The van der Waals surface area contributed by atoms with Crippen LogP contribution >= 0.6 is 0 Å². The first-order valence-electron chi connectivity index (χ1n) is 5.41.